The number of benzene rings is 1. The lowest BCUT2D eigenvalue weighted by atomic mass is 9.96. The van der Waals surface area contributed by atoms with Gasteiger partial charge in [0.2, 0.25) is 5.91 Å². The van der Waals surface area contributed by atoms with E-state index in [-0.39, 0.29) is 17.8 Å². The fourth-order valence-corrected chi connectivity index (χ4v) is 3.15. The van der Waals surface area contributed by atoms with Crippen molar-refractivity contribution in [3.8, 4) is 0 Å². The van der Waals surface area contributed by atoms with Crippen LogP contribution in [-0.4, -0.2) is 43.5 Å². The number of piperidine rings is 1. The van der Waals surface area contributed by atoms with E-state index in [1.54, 1.807) is 0 Å². The molecule has 0 unspecified atom stereocenters. The molecule has 1 aromatic carbocycles. The molecule has 1 fully saturated rings. The second-order valence-electron chi connectivity index (χ2n) is 6.52. The third kappa shape index (κ3) is 4.81. The Hall–Kier alpha value is -1.88. The molecule has 1 saturated heterocycles. The van der Waals surface area contributed by atoms with Crippen LogP contribution in [0.2, 0.25) is 0 Å². The van der Waals surface area contributed by atoms with Crippen LogP contribution in [0.1, 0.15) is 44.6 Å². The number of methoxy groups -OCH3 is 1. The first-order chi connectivity index (χ1) is 11.5. The molecule has 1 atom stereocenters. The summed E-state index contributed by atoms with van der Waals surface area (Å²) >= 11 is 0. The number of hydrogen-bond acceptors (Lipinski definition) is 4. The van der Waals surface area contributed by atoms with Crippen molar-refractivity contribution in [3.05, 3.63) is 29.8 Å². The first-order valence-corrected chi connectivity index (χ1v) is 8.74. The Morgan fingerprint density at radius 3 is 2.58 bits per heavy atom. The van der Waals surface area contributed by atoms with Crippen LogP contribution in [-0.2, 0) is 14.3 Å². The minimum absolute atomic E-state index is 0.00210. The van der Waals surface area contributed by atoms with Crippen LogP contribution >= 0.6 is 0 Å². The van der Waals surface area contributed by atoms with Crippen molar-refractivity contribution in [2.24, 2.45) is 5.92 Å². The van der Waals surface area contributed by atoms with Gasteiger partial charge in [0.15, 0.2) is 0 Å². The van der Waals surface area contributed by atoms with Gasteiger partial charge in [-0.25, -0.2) is 0 Å². The average Bonchev–Trinajstić information content (AvgIpc) is 2.61. The van der Waals surface area contributed by atoms with Gasteiger partial charge in [0.1, 0.15) is 0 Å². The van der Waals surface area contributed by atoms with E-state index in [1.807, 2.05) is 18.2 Å². The summed E-state index contributed by atoms with van der Waals surface area (Å²) < 4.78 is 4.79. The monoisotopic (exact) mass is 332 g/mol. The van der Waals surface area contributed by atoms with Crippen molar-refractivity contribution in [2.45, 2.75) is 39.0 Å². The molecule has 24 heavy (non-hydrogen) atoms. The Labute approximate surface area is 144 Å². The number of para-hydroxylation sites is 1. The van der Waals surface area contributed by atoms with Crippen molar-refractivity contribution in [3.63, 3.8) is 0 Å². The largest absolute Gasteiger partial charge is 0.469 e. The summed E-state index contributed by atoms with van der Waals surface area (Å²) in [6.45, 7) is 6.18. The number of nitrogens with zero attached hydrogens (tertiary/aromatic N) is 1. The van der Waals surface area contributed by atoms with Gasteiger partial charge in [-0.2, -0.15) is 0 Å². The van der Waals surface area contributed by atoms with Crippen LogP contribution in [0, 0.1) is 5.92 Å². The smallest absolute Gasteiger partial charge is 0.308 e. The SMILES string of the molecule is CC[C@H](C)c1ccccc1NC(=O)CN1CCC(C(=O)OC)CC1. The highest BCUT2D eigenvalue weighted by Crippen LogP contribution is 2.26. The quantitative estimate of drug-likeness (QED) is 0.814. The molecule has 132 valence electrons. The molecule has 1 amide bonds. The number of likely N-dealkylation sites (tertiary alicyclic amines) is 1. The third-order valence-corrected chi connectivity index (χ3v) is 4.87. The fraction of sp³-hybridized carbons (Fsp3) is 0.579. The van der Waals surface area contributed by atoms with Crippen LogP contribution in [0.3, 0.4) is 0 Å². The number of carbonyl (C=O) groups excluding carboxylic acids is 2. The van der Waals surface area contributed by atoms with Gasteiger partial charge in [-0.15, -0.1) is 0 Å². The molecule has 0 radical (unpaired) electrons. The lowest BCUT2D eigenvalue weighted by Gasteiger charge is -2.30. The summed E-state index contributed by atoms with van der Waals surface area (Å²) in [5.74, 6) is 0.251. The van der Waals surface area contributed by atoms with E-state index in [2.05, 4.69) is 30.1 Å². The van der Waals surface area contributed by atoms with E-state index >= 15 is 0 Å². The molecule has 0 saturated carbocycles. The fourth-order valence-electron chi connectivity index (χ4n) is 3.15. The Balaban J connectivity index is 1.88. The van der Waals surface area contributed by atoms with E-state index in [1.165, 1.54) is 12.7 Å². The number of carbonyl (C=O) groups is 2. The third-order valence-electron chi connectivity index (χ3n) is 4.87. The van der Waals surface area contributed by atoms with Crippen LogP contribution in [0.5, 0.6) is 0 Å². The second-order valence-corrected chi connectivity index (χ2v) is 6.52. The molecule has 0 spiro atoms. The number of esters is 1. The Bertz CT molecular complexity index is 565. The van der Waals surface area contributed by atoms with Gasteiger partial charge in [-0.1, -0.05) is 32.0 Å². The van der Waals surface area contributed by atoms with Crippen molar-refractivity contribution >= 4 is 17.6 Å². The molecule has 1 aliphatic heterocycles. The highest BCUT2D eigenvalue weighted by molar-refractivity contribution is 5.93. The lowest BCUT2D eigenvalue weighted by molar-refractivity contribution is -0.147. The summed E-state index contributed by atoms with van der Waals surface area (Å²) in [5.41, 5.74) is 2.08. The van der Waals surface area contributed by atoms with Crippen molar-refractivity contribution in [1.29, 1.82) is 0 Å². The Kier molecular flexibility index (Phi) is 6.79. The van der Waals surface area contributed by atoms with Crippen molar-refractivity contribution < 1.29 is 14.3 Å². The molecule has 1 aliphatic rings. The summed E-state index contributed by atoms with van der Waals surface area (Å²) in [6, 6.07) is 7.99. The minimum Gasteiger partial charge on any atom is -0.469 e. The molecule has 1 heterocycles. The first kappa shape index (κ1) is 18.5. The standard InChI is InChI=1S/C19H28N2O3/c1-4-14(2)16-7-5-6-8-17(16)20-18(22)13-21-11-9-15(10-12-21)19(23)24-3/h5-8,14-15H,4,9-13H2,1-3H3,(H,20,22)/t14-/m0/s1. The van der Waals surface area contributed by atoms with E-state index in [0.717, 1.165) is 38.0 Å². The van der Waals surface area contributed by atoms with Crippen molar-refractivity contribution in [2.75, 3.05) is 32.1 Å². The minimum atomic E-state index is -0.137. The van der Waals surface area contributed by atoms with E-state index in [4.69, 9.17) is 4.74 Å². The average molecular weight is 332 g/mol. The van der Waals surface area contributed by atoms with Gasteiger partial charge in [-0.05, 0) is 49.9 Å². The molecule has 5 heteroatoms. The van der Waals surface area contributed by atoms with Gasteiger partial charge in [-0.3, -0.25) is 14.5 Å². The van der Waals surface area contributed by atoms with Gasteiger partial charge >= 0.3 is 5.97 Å². The molecule has 1 N–H and O–H groups in total. The molecule has 2 rings (SSSR count). The second kappa shape index (κ2) is 8.83. The molecular formula is C19H28N2O3. The summed E-state index contributed by atoms with van der Waals surface area (Å²) in [4.78, 5) is 26.0. The molecule has 5 nitrogen and oxygen atoms in total. The molecular weight excluding hydrogens is 304 g/mol. The van der Waals surface area contributed by atoms with Crippen LogP contribution < -0.4 is 5.32 Å². The number of nitrogens with one attached hydrogen (secondary N) is 1. The maximum absolute atomic E-state index is 12.4. The number of ether oxygens (including phenoxy) is 1. The summed E-state index contributed by atoms with van der Waals surface area (Å²) in [5, 5.41) is 3.05. The zero-order valence-electron chi connectivity index (χ0n) is 14.9. The predicted octanol–water partition coefficient (Wildman–Crippen LogP) is 3.02. The van der Waals surface area contributed by atoms with Gasteiger partial charge in [0.25, 0.3) is 0 Å². The molecule has 0 bridgehead atoms. The van der Waals surface area contributed by atoms with Crippen LogP contribution in [0.25, 0.3) is 0 Å². The topological polar surface area (TPSA) is 58.6 Å². The Morgan fingerprint density at radius 1 is 1.29 bits per heavy atom. The Morgan fingerprint density at radius 2 is 1.96 bits per heavy atom. The molecule has 0 aliphatic carbocycles. The predicted molar refractivity (Wildman–Crippen MR) is 95.0 cm³/mol. The summed E-state index contributed by atoms with van der Waals surface area (Å²) in [7, 11) is 1.43. The number of hydrogen-bond donors (Lipinski definition) is 1. The zero-order valence-corrected chi connectivity index (χ0v) is 14.9. The van der Waals surface area contributed by atoms with Crippen molar-refractivity contribution in [1.82, 2.24) is 4.90 Å². The highest BCUT2D eigenvalue weighted by atomic mass is 16.5. The van der Waals surface area contributed by atoms with Gasteiger partial charge < -0.3 is 10.1 Å². The number of rotatable bonds is 6. The van der Waals surface area contributed by atoms with Crippen LogP contribution in [0.4, 0.5) is 5.69 Å². The lowest BCUT2D eigenvalue weighted by Crippen LogP contribution is -2.41. The maximum atomic E-state index is 12.4. The summed E-state index contributed by atoms with van der Waals surface area (Å²) in [6.07, 6.45) is 2.54. The highest BCUT2D eigenvalue weighted by Gasteiger charge is 2.26. The maximum Gasteiger partial charge on any atom is 0.308 e. The first-order valence-electron chi connectivity index (χ1n) is 8.74. The van der Waals surface area contributed by atoms with E-state index in [9.17, 15) is 9.59 Å². The zero-order chi connectivity index (χ0) is 17.5. The van der Waals surface area contributed by atoms with E-state index < -0.39 is 0 Å². The normalized spacial score (nSPS) is 17.3. The number of amides is 1. The van der Waals surface area contributed by atoms with Gasteiger partial charge in [0, 0.05) is 5.69 Å². The van der Waals surface area contributed by atoms with Gasteiger partial charge in [0.05, 0.1) is 19.6 Å². The number of anilines is 1. The molecule has 0 aromatic heterocycles. The van der Waals surface area contributed by atoms with E-state index in [0.29, 0.717) is 12.5 Å². The molecule has 1 aromatic rings. The van der Waals surface area contributed by atoms with Crippen LogP contribution in [0.15, 0.2) is 24.3 Å².